The Labute approximate surface area is 135 Å². The van der Waals surface area contributed by atoms with E-state index in [0.717, 1.165) is 11.3 Å². The lowest BCUT2D eigenvalue weighted by Gasteiger charge is -2.33. The highest BCUT2D eigenvalue weighted by Gasteiger charge is 2.48. The standard InChI is InChI=1S/C19H18N2O2/c22-17(14-6-2-1-3-7-14)21-11-10-19(13-21)12-15-8-4-5-9-16(15)20-18(19)23/h1-9H,10-13H2,(H,20,23). The smallest absolute Gasteiger partial charge is 0.253 e. The van der Waals surface area contributed by atoms with E-state index in [1.165, 1.54) is 0 Å². The summed E-state index contributed by atoms with van der Waals surface area (Å²) < 4.78 is 0. The van der Waals surface area contributed by atoms with Crippen LogP contribution < -0.4 is 5.32 Å². The van der Waals surface area contributed by atoms with Crippen molar-refractivity contribution in [2.45, 2.75) is 12.8 Å². The summed E-state index contributed by atoms with van der Waals surface area (Å²) in [6.07, 6.45) is 1.42. The number of benzene rings is 2. The molecule has 0 aromatic heterocycles. The quantitative estimate of drug-likeness (QED) is 0.880. The van der Waals surface area contributed by atoms with Crippen LogP contribution >= 0.6 is 0 Å². The van der Waals surface area contributed by atoms with Gasteiger partial charge in [-0.1, -0.05) is 36.4 Å². The van der Waals surface area contributed by atoms with E-state index in [1.54, 1.807) is 0 Å². The zero-order valence-electron chi connectivity index (χ0n) is 12.8. The summed E-state index contributed by atoms with van der Waals surface area (Å²) in [6.45, 7) is 1.12. The molecule has 0 aliphatic carbocycles. The first kappa shape index (κ1) is 14.0. The highest BCUT2D eigenvalue weighted by atomic mass is 16.2. The fraction of sp³-hybridized carbons (Fsp3) is 0.263. The normalized spacial score (nSPS) is 22.8. The molecule has 1 saturated heterocycles. The van der Waals surface area contributed by atoms with Gasteiger partial charge in [0.05, 0.1) is 5.41 Å². The van der Waals surface area contributed by atoms with E-state index in [-0.39, 0.29) is 11.8 Å². The second-order valence-electron chi connectivity index (χ2n) is 6.41. The molecular formula is C19H18N2O2. The minimum absolute atomic E-state index is 0.00846. The summed E-state index contributed by atoms with van der Waals surface area (Å²) in [6, 6.07) is 17.2. The van der Waals surface area contributed by atoms with Crippen molar-refractivity contribution in [3.63, 3.8) is 0 Å². The van der Waals surface area contributed by atoms with Crippen LogP contribution in [0.2, 0.25) is 0 Å². The molecule has 0 radical (unpaired) electrons. The van der Waals surface area contributed by atoms with Crippen molar-refractivity contribution >= 4 is 17.5 Å². The molecule has 2 amide bonds. The molecule has 0 saturated carbocycles. The number of likely N-dealkylation sites (tertiary alicyclic amines) is 1. The van der Waals surface area contributed by atoms with Gasteiger partial charge < -0.3 is 10.2 Å². The van der Waals surface area contributed by atoms with E-state index in [1.807, 2.05) is 53.4 Å². The molecule has 2 heterocycles. The fourth-order valence-corrected chi connectivity index (χ4v) is 3.63. The largest absolute Gasteiger partial charge is 0.338 e. The van der Waals surface area contributed by atoms with Crippen LogP contribution in [-0.4, -0.2) is 29.8 Å². The molecule has 1 N–H and O–H groups in total. The van der Waals surface area contributed by atoms with E-state index in [4.69, 9.17) is 0 Å². The van der Waals surface area contributed by atoms with Gasteiger partial charge in [-0.05, 0) is 36.6 Å². The van der Waals surface area contributed by atoms with Crippen molar-refractivity contribution < 1.29 is 9.59 Å². The van der Waals surface area contributed by atoms with E-state index >= 15 is 0 Å². The summed E-state index contributed by atoms with van der Waals surface area (Å²) >= 11 is 0. The van der Waals surface area contributed by atoms with Crippen LogP contribution in [0.5, 0.6) is 0 Å². The topological polar surface area (TPSA) is 49.4 Å². The van der Waals surface area contributed by atoms with Gasteiger partial charge in [-0.2, -0.15) is 0 Å². The maximum atomic E-state index is 12.6. The Balaban J connectivity index is 1.58. The third-order valence-electron chi connectivity index (χ3n) is 4.94. The highest BCUT2D eigenvalue weighted by molar-refractivity contribution is 6.00. The lowest BCUT2D eigenvalue weighted by molar-refractivity contribution is -0.125. The predicted octanol–water partition coefficient (Wildman–Crippen LogP) is 2.71. The maximum absolute atomic E-state index is 12.6. The molecular weight excluding hydrogens is 288 g/mol. The van der Waals surface area contributed by atoms with Crippen LogP contribution in [0.15, 0.2) is 54.6 Å². The van der Waals surface area contributed by atoms with E-state index < -0.39 is 5.41 Å². The Kier molecular flexibility index (Phi) is 3.18. The average molecular weight is 306 g/mol. The number of nitrogens with zero attached hydrogens (tertiary/aromatic N) is 1. The van der Waals surface area contributed by atoms with Gasteiger partial charge in [0.25, 0.3) is 5.91 Å². The minimum atomic E-state index is -0.487. The van der Waals surface area contributed by atoms with Crippen molar-refractivity contribution in [1.29, 1.82) is 0 Å². The first-order valence-corrected chi connectivity index (χ1v) is 7.92. The summed E-state index contributed by atoms with van der Waals surface area (Å²) in [4.78, 5) is 27.1. The molecule has 4 rings (SSSR count). The highest BCUT2D eigenvalue weighted by Crippen LogP contribution is 2.41. The predicted molar refractivity (Wildman–Crippen MR) is 88.2 cm³/mol. The van der Waals surface area contributed by atoms with Crippen LogP contribution in [0.1, 0.15) is 22.3 Å². The molecule has 0 bridgehead atoms. The molecule has 2 aromatic carbocycles. The fourth-order valence-electron chi connectivity index (χ4n) is 3.63. The zero-order chi connectivity index (χ0) is 15.9. The van der Waals surface area contributed by atoms with E-state index in [2.05, 4.69) is 11.4 Å². The minimum Gasteiger partial charge on any atom is -0.338 e. The van der Waals surface area contributed by atoms with Crippen molar-refractivity contribution in [3.8, 4) is 0 Å². The Morgan fingerprint density at radius 2 is 1.78 bits per heavy atom. The van der Waals surface area contributed by atoms with E-state index in [9.17, 15) is 9.59 Å². The number of carbonyl (C=O) groups excluding carboxylic acids is 2. The van der Waals surface area contributed by atoms with Crippen molar-refractivity contribution in [2.24, 2.45) is 5.41 Å². The number of nitrogens with one attached hydrogen (secondary N) is 1. The molecule has 1 unspecified atom stereocenters. The number of fused-ring (bicyclic) bond motifs is 1. The Bertz CT molecular complexity index is 772. The third kappa shape index (κ3) is 2.31. The van der Waals surface area contributed by atoms with Crippen molar-refractivity contribution in [2.75, 3.05) is 18.4 Å². The zero-order valence-corrected chi connectivity index (χ0v) is 12.8. The van der Waals surface area contributed by atoms with E-state index in [0.29, 0.717) is 31.5 Å². The Morgan fingerprint density at radius 3 is 2.61 bits per heavy atom. The van der Waals surface area contributed by atoms with Gasteiger partial charge in [-0.25, -0.2) is 0 Å². The molecule has 2 aliphatic heterocycles. The first-order chi connectivity index (χ1) is 11.2. The van der Waals surface area contributed by atoms with Gasteiger partial charge >= 0.3 is 0 Å². The first-order valence-electron chi connectivity index (χ1n) is 7.92. The molecule has 1 spiro atoms. The molecule has 23 heavy (non-hydrogen) atoms. The Morgan fingerprint density at radius 1 is 1.04 bits per heavy atom. The maximum Gasteiger partial charge on any atom is 0.253 e. The van der Waals surface area contributed by atoms with Crippen LogP contribution in [0.4, 0.5) is 5.69 Å². The summed E-state index contributed by atoms with van der Waals surface area (Å²) in [5.41, 5.74) is 2.25. The number of hydrogen-bond donors (Lipinski definition) is 1. The molecule has 116 valence electrons. The van der Waals surface area contributed by atoms with Gasteiger partial charge in [-0.15, -0.1) is 0 Å². The monoisotopic (exact) mass is 306 g/mol. The Hall–Kier alpha value is -2.62. The molecule has 2 aliphatic rings. The molecule has 4 nitrogen and oxygen atoms in total. The van der Waals surface area contributed by atoms with Crippen molar-refractivity contribution in [3.05, 3.63) is 65.7 Å². The molecule has 4 heteroatoms. The number of hydrogen-bond acceptors (Lipinski definition) is 2. The molecule has 2 aromatic rings. The SMILES string of the molecule is O=C(c1ccccc1)N1CCC2(Cc3ccccc3NC2=O)C1. The number of anilines is 1. The van der Waals surface area contributed by atoms with Crippen LogP contribution in [0, 0.1) is 5.41 Å². The third-order valence-corrected chi connectivity index (χ3v) is 4.94. The number of amides is 2. The average Bonchev–Trinajstić information content (AvgIpc) is 3.01. The molecule has 1 fully saturated rings. The van der Waals surface area contributed by atoms with Gasteiger partial charge in [0.15, 0.2) is 0 Å². The van der Waals surface area contributed by atoms with Crippen LogP contribution in [0.25, 0.3) is 0 Å². The van der Waals surface area contributed by atoms with Gasteiger partial charge in [0.1, 0.15) is 0 Å². The molecule has 1 atom stereocenters. The van der Waals surface area contributed by atoms with Gasteiger partial charge in [0, 0.05) is 24.3 Å². The second kappa shape index (κ2) is 5.23. The lowest BCUT2D eigenvalue weighted by Crippen LogP contribution is -2.44. The van der Waals surface area contributed by atoms with Crippen molar-refractivity contribution in [1.82, 2.24) is 4.90 Å². The summed E-state index contributed by atoms with van der Waals surface area (Å²) in [5, 5.41) is 3.01. The second-order valence-corrected chi connectivity index (χ2v) is 6.41. The van der Waals surface area contributed by atoms with Crippen LogP contribution in [0.3, 0.4) is 0 Å². The summed E-state index contributed by atoms with van der Waals surface area (Å²) in [7, 11) is 0. The summed E-state index contributed by atoms with van der Waals surface area (Å²) in [5.74, 6) is 0.0497. The lowest BCUT2D eigenvalue weighted by atomic mass is 9.77. The van der Waals surface area contributed by atoms with Gasteiger partial charge in [0.2, 0.25) is 5.91 Å². The van der Waals surface area contributed by atoms with Gasteiger partial charge in [-0.3, -0.25) is 9.59 Å². The number of carbonyl (C=O) groups is 2. The number of rotatable bonds is 1. The van der Waals surface area contributed by atoms with Crippen LogP contribution in [-0.2, 0) is 11.2 Å². The number of para-hydroxylation sites is 1.